The molecule has 2 aliphatic rings. The third kappa shape index (κ3) is 6.17. The standard InChI is InChI=1S/C27H37FN4O3S/c1-17(18-9-11-23(22(28)15-18)31-36(5,34)35)29-26(33)21-16-20(21)19-10-12-24(27(2,3)4)30-25(19)32-13-7-6-8-14-32/h9-12,15,17,20-21,31H,6-8,13-14,16H2,1-5H3,(H,29,33). The molecule has 1 aliphatic carbocycles. The Morgan fingerprint density at radius 3 is 2.44 bits per heavy atom. The van der Waals surface area contributed by atoms with Gasteiger partial charge in [-0.25, -0.2) is 17.8 Å². The van der Waals surface area contributed by atoms with Crippen molar-refractivity contribution in [3.05, 3.63) is 53.0 Å². The van der Waals surface area contributed by atoms with Gasteiger partial charge in [-0.3, -0.25) is 9.52 Å². The summed E-state index contributed by atoms with van der Waals surface area (Å²) in [6, 6.07) is 8.09. The lowest BCUT2D eigenvalue weighted by molar-refractivity contribution is -0.123. The maximum absolute atomic E-state index is 14.4. The van der Waals surface area contributed by atoms with Crippen LogP contribution in [0, 0.1) is 11.7 Å². The minimum Gasteiger partial charge on any atom is -0.356 e. The molecule has 1 saturated carbocycles. The number of sulfonamides is 1. The monoisotopic (exact) mass is 516 g/mol. The van der Waals surface area contributed by atoms with Crippen LogP contribution in [0.15, 0.2) is 30.3 Å². The Kier molecular flexibility index (Phi) is 7.33. The van der Waals surface area contributed by atoms with Crippen molar-refractivity contribution < 1.29 is 17.6 Å². The molecule has 2 fully saturated rings. The fraction of sp³-hybridized carbons (Fsp3) is 0.556. The summed E-state index contributed by atoms with van der Waals surface area (Å²) in [6.45, 7) is 10.3. The summed E-state index contributed by atoms with van der Waals surface area (Å²) in [7, 11) is -3.58. The maximum Gasteiger partial charge on any atom is 0.229 e. The topological polar surface area (TPSA) is 91.4 Å². The van der Waals surface area contributed by atoms with E-state index in [1.807, 2.05) is 0 Å². The van der Waals surface area contributed by atoms with E-state index in [0.29, 0.717) is 5.56 Å². The molecule has 2 N–H and O–H groups in total. The third-order valence-corrected chi connectivity index (χ3v) is 7.59. The Morgan fingerprint density at radius 2 is 1.83 bits per heavy atom. The van der Waals surface area contributed by atoms with Crippen LogP contribution in [0.2, 0.25) is 0 Å². The van der Waals surface area contributed by atoms with Crippen LogP contribution in [0.4, 0.5) is 15.9 Å². The van der Waals surface area contributed by atoms with Gasteiger partial charge in [0, 0.05) is 30.1 Å². The molecule has 0 radical (unpaired) electrons. The van der Waals surface area contributed by atoms with E-state index < -0.39 is 21.9 Å². The summed E-state index contributed by atoms with van der Waals surface area (Å²) < 4.78 is 39.4. The molecule has 3 atom stereocenters. The molecule has 1 saturated heterocycles. The van der Waals surface area contributed by atoms with Crippen LogP contribution in [0.3, 0.4) is 0 Å². The van der Waals surface area contributed by atoms with Crippen LogP contribution in [0.1, 0.15) is 82.2 Å². The minimum absolute atomic E-state index is 0.0551. The Labute approximate surface area is 213 Å². The van der Waals surface area contributed by atoms with Gasteiger partial charge in [0.25, 0.3) is 0 Å². The van der Waals surface area contributed by atoms with Crippen molar-refractivity contribution in [3.63, 3.8) is 0 Å². The number of anilines is 2. The molecule has 0 bridgehead atoms. The molecule has 1 aliphatic heterocycles. The lowest BCUT2D eigenvalue weighted by atomic mass is 9.91. The summed E-state index contributed by atoms with van der Waals surface area (Å²) in [5.74, 6) is 0.254. The second-order valence-electron chi connectivity index (χ2n) is 11.2. The number of benzene rings is 1. The first-order chi connectivity index (χ1) is 16.8. The number of hydrogen-bond donors (Lipinski definition) is 2. The van der Waals surface area contributed by atoms with Gasteiger partial charge in [-0.1, -0.05) is 32.9 Å². The summed E-state index contributed by atoms with van der Waals surface area (Å²) in [5.41, 5.74) is 2.60. The second kappa shape index (κ2) is 10.00. The molecule has 7 nitrogen and oxygen atoms in total. The van der Waals surface area contributed by atoms with E-state index in [1.54, 1.807) is 13.0 Å². The van der Waals surface area contributed by atoms with Gasteiger partial charge in [0.05, 0.1) is 18.0 Å². The Bertz CT molecular complexity index is 1240. The molecular formula is C27H37FN4O3S. The predicted octanol–water partition coefficient (Wildman–Crippen LogP) is 4.86. The number of carbonyl (C=O) groups is 1. The van der Waals surface area contributed by atoms with Crippen molar-refractivity contribution in [2.24, 2.45) is 5.92 Å². The largest absolute Gasteiger partial charge is 0.356 e. The van der Waals surface area contributed by atoms with Crippen molar-refractivity contribution in [2.75, 3.05) is 29.0 Å². The van der Waals surface area contributed by atoms with Crippen molar-refractivity contribution in [3.8, 4) is 0 Å². The van der Waals surface area contributed by atoms with Crippen LogP contribution in [-0.4, -0.2) is 38.7 Å². The number of nitrogens with zero attached hydrogens (tertiary/aromatic N) is 2. The fourth-order valence-electron chi connectivity index (χ4n) is 4.84. The second-order valence-corrected chi connectivity index (χ2v) is 12.9. The van der Waals surface area contributed by atoms with Crippen LogP contribution in [0.5, 0.6) is 0 Å². The third-order valence-electron chi connectivity index (χ3n) is 7.00. The van der Waals surface area contributed by atoms with Crippen molar-refractivity contribution >= 4 is 27.4 Å². The summed E-state index contributed by atoms with van der Waals surface area (Å²) >= 11 is 0. The average Bonchev–Trinajstić information content (AvgIpc) is 3.60. The number of carbonyl (C=O) groups excluding carboxylic acids is 1. The van der Waals surface area contributed by atoms with Crippen LogP contribution >= 0.6 is 0 Å². The number of piperidine rings is 1. The Hall–Kier alpha value is -2.68. The zero-order chi connectivity index (χ0) is 26.3. The average molecular weight is 517 g/mol. The highest BCUT2D eigenvalue weighted by Gasteiger charge is 2.46. The molecule has 2 heterocycles. The van der Waals surface area contributed by atoms with Crippen molar-refractivity contribution in [1.29, 1.82) is 0 Å². The molecule has 1 amide bonds. The van der Waals surface area contributed by atoms with E-state index >= 15 is 0 Å². The van der Waals surface area contributed by atoms with Gasteiger partial charge in [-0.05, 0) is 67.9 Å². The van der Waals surface area contributed by atoms with Gasteiger partial charge in [-0.15, -0.1) is 0 Å². The van der Waals surface area contributed by atoms with Gasteiger partial charge in [0.1, 0.15) is 11.6 Å². The molecule has 1 aromatic heterocycles. The van der Waals surface area contributed by atoms with E-state index in [9.17, 15) is 17.6 Å². The van der Waals surface area contributed by atoms with Gasteiger partial charge >= 0.3 is 0 Å². The molecule has 2 aromatic rings. The first kappa shape index (κ1) is 26.4. The predicted molar refractivity (Wildman–Crippen MR) is 141 cm³/mol. The molecule has 9 heteroatoms. The summed E-state index contributed by atoms with van der Waals surface area (Å²) in [4.78, 5) is 20.5. The number of nitrogens with one attached hydrogen (secondary N) is 2. The number of halogens is 1. The quantitative estimate of drug-likeness (QED) is 0.548. The van der Waals surface area contributed by atoms with E-state index in [0.717, 1.165) is 55.7 Å². The first-order valence-electron chi connectivity index (χ1n) is 12.7. The fourth-order valence-corrected chi connectivity index (χ4v) is 5.41. The number of hydrogen-bond acceptors (Lipinski definition) is 5. The summed E-state index contributed by atoms with van der Waals surface area (Å²) in [5, 5.41) is 3.01. The normalized spacial score (nSPS) is 21.1. The zero-order valence-corrected chi connectivity index (χ0v) is 22.6. The van der Waals surface area contributed by atoms with Crippen LogP contribution in [0.25, 0.3) is 0 Å². The van der Waals surface area contributed by atoms with Crippen molar-refractivity contribution in [1.82, 2.24) is 10.3 Å². The zero-order valence-electron chi connectivity index (χ0n) is 21.8. The molecular weight excluding hydrogens is 479 g/mol. The smallest absolute Gasteiger partial charge is 0.229 e. The molecule has 4 rings (SSSR count). The number of pyridine rings is 1. The van der Waals surface area contributed by atoms with E-state index in [2.05, 4.69) is 47.8 Å². The molecule has 3 unspecified atom stereocenters. The van der Waals surface area contributed by atoms with Gasteiger partial charge < -0.3 is 10.2 Å². The Balaban J connectivity index is 1.47. The highest BCUT2D eigenvalue weighted by molar-refractivity contribution is 7.92. The number of rotatable bonds is 7. The highest BCUT2D eigenvalue weighted by atomic mass is 32.2. The molecule has 0 spiro atoms. The van der Waals surface area contributed by atoms with Gasteiger partial charge in [0.15, 0.2) is 0 Å². The number of aromatic nitrogens is 1. The Morgan fingerprint density at radius 1 is 1.14 bits per heavy atom. The maximum atomic E-state index is 14.4. The highest BCUT2D eigenvalue weighted by Crippen LogP contribution is 2.51. The summed E-state index contributed by atoms with van der Waals surface area (Å²) in [6.07, 6.45) is 5.28. The molecule has 196 valence electrons. The first-order valence-corrected chi connectivity index (χ1v) is 14.6. The minimum atomic E-state index is -3.58. The van der Waals surface area contributed by atoms with E-state index in [1.165, 1.54) is 18.6 Å². The van der Waals surface area contributed by atoms with Gasteiger partial charge in [-0.2, -0.15) is 0 Å². The SMILES string of the molecule is CC(NC(=O)C1CC1c1ccc(C(C)(C)C)nc1N1CCCCC1)c1ccc(NS(C)(=O)=O)c(F)c1. The van der Waals surface area contributed by atoms with Crippen LogP contribution < -0.4 is 14.9 Å². The lowest BCUT2D eigenvalue weighted by Crippen LogP contribution is -2.32. The van der Waals surface area contributed by atoms with Crippen molar-refractivity contribution in [2.45, 2.75) is 70.8 Å². The van der Waals surface area contributed by atoms with E-state index in [4.69, 9.17) is 4.98 Å². The van der Waals surface area contributed by atoms with Crippen LogP contribution in [-0.2, 0) is 20.2 Å². The number of amides is 1. The molecule has 1 aromatic carbocycles. The van der Waals surface area contributed by atoms with Gasteiger partial charge in [0.2, 0.25) is 15.9 Å². The lowest BCUT2D eigenvalue weighted by Gasteiger charge is -2.31. The molecule has 36 heavy (non-hydrogen) atoms. The van der Waals surface area contributed by atoms with E-state index in [-0.39, 0.29) is 28.8 Å².